The van der Waals surface area contributed by atoms with Crippen LogP contribution in [-0.4, -0.2) is 129 Å². The summed E-state index contributed by atoms with van der Waals surface area (Å²) in [5.74, 6) is 4.30. The second-order valence-electron chi connectivity index (χ2n) is 23.2. The van der Waals surface area contributed by atoms with Crippen molar-refractivity contribution in [3.8, 4) is 0 Å². The number of hydrogen-bond donors (Lipinski definition) is 0. The predicted molar refractivity (Wildman–Crippen MR) is 233 cm³/mol. The third kappa shape index (κ3) is 11.6. The lowest BCUT2D eigenvalue weighted by molar-refractivity contribution is -0.474. The Kier molecular flexibility index (Phi) is 17.1. The van der Waals surface area contributed by atoms with Crippen LogP contribution in [0.4, 0.5) is 105 Å². The summed E-state index contributed by atoms with van der Waals surface area (Å²) in [4.78, 5) is 0. The molecule has 12 aliphatic rings. The molecule has 8 bridgehead atoms. The molecule has 84 heavy (non-hydrogen) atoms. The van der Waals surface area contributed by atoms with Crippen molar-refractivity contribution in [1.29, 1.82) is 0 Å². The Morgan fingerprint density at radius 2 is 0.774 bits per heavy atom. The molecule has 0 N–H and O–H groups in total. The van der Waals surface area contributed by atoms with E-state index in [0.29, 0.717) is 53.8 Å². The van der Waals surface area contributed by atoms with Crippen LogP contribution < -0.4 is 0 Å². The Balaban J connectivity index is 0.000000136. The number of rotatable bonds is 12. The first-order chi connectivity index (χ1) is 38.5. The van der Waals surface area contributed by atoms with Crippen LogP contribution in [-0.2, 0) is 42.6 Å². The fraction of sp³-hybridized carbons (Fsp3) is 0.843. The molecule has 0 amide bonds. The van der Waals surface area contributed by atoms with Crippen LogP contribution in [0, 0.1) is 65.1 Å². The summed E-state index contributed by atoms with van der Waals surface area (Å²) in [5.41, 5.74) is -16.3. The number of alkyl halides is 24. The highest BCUT2D eigenvalue weighted by Gasteiger charge is 2.82. The van der Waals surface area contributed by atoms with Crippen LogP contribution in [0.15, 0.2) is 49.3 Å². The molecule has 17 atom stereocenters. The maximum Gasteiger partial charge on any atom is 0.426 e. The lowest BCUT2D eigenvalue weighted by Crippen LogP contribution is -2.69. The Morgan fingerprint density at radius 3 is 1.15 bits per heavy atom. The third-order valence-electron chi connectivity index (χ3n) is 18.4. The van der Waals surface area contributed by atoms with Gasteiger partial charge < -0.3 is 42.6 Å². The van der Waals surface area contributed by atoms with E-state index in [4.69, 9.17) is 14.2 Å². The average Bonchev–Trinajstić information content (AvgIpc) is 1.00. The molecule has 12 rings (SSSR count). The molecule has 0 aromatic carbocycles. The van der Waals surface area contributed by atoms with Crippen molar-refractivity contribution in [2.24, 2.45) is 65.1 Å². The van der Waals surface area contributed by atoms with E-state index in [1.54, 1.807) is 0 Å². The zero-order valence-electron chi connectivity index (χ0n) is 43.2. The summed E-state index contributed by atoms with van der Waals surface area (Å²) in [6.07, 6.45) is -35.6. The highest BCUT2D eigenvalue weighted by molar-refractivity contribution is 5.21. The third-order valence-corrected chi connectivity index (χ3v) is 18.4. The molecule has 9 fully saturated rings. The highest BCUT2D eigenvalue weighted by Crippen LogP contribution is 2.67. The molecular formula is C51H54F24O9. The molecule has 0 radical (unpaired) electrons. The predicted octanol–water partition coefficient (Wildman–Crippen LogP) is 14.6. The summed E-state index contributed by atoms with van der Waals surface area (Å²) >= 11 is 0. The van der Waals surface area contributed by atoms with Gasteiger partial charge >= 0.3 is 49.4 Å². The first-order valence-electron chi connectivity index (χ1n) is 26.6. The van der Waals surface area contributed by atoms with E-state index in [1.165, 1.54) is 0 Å². The van der Waals surface area contributed by atoms with Crippen molar-refractivity contribution in [2.75, 3.05) is 19.8 Å². The molecule has 0 spiro atoms. The minimum atomic E-state index is -5.53. The molecule has 4 aliphatic heterocycles. The van der Waals surface area contributed by atoms with Gasteiger partial charge in [0.25, 0.3) is 22.4 Å². The largest absolute Gasteiger partial charge is 0.499 e. The van der Waals surface area contributed by atoms with E-state index in [1.807, 2.05) is 18.2 Å². The van der Waals surface area contributed by atoms with Crippen molar-refractivity contribution in [3.05, 3.63) is 49.3 Å². The van der Waals surface area contributed by atoms with Crippen molar-refractivity contribution in [2.45, 2.75) is 180 Å². The normalized spacial score (nSPS) is 38.5. The summed E-state index contributed by atoms with van der Waals surface area (Å²) < 4.78 is 344. The molecule has 9 nitrogen and oxygen atoms in total. The Morgan fingerprint density at radius 1 is 0.393 bits per heavy atom. The van der Waals surface area contributed by atoms with Gasteiger partial charge in [-0.25, -0.2) is 0 Å². The Hall–Kier alpha value is -3.24. The molecule has 0 aromatic heterocycles. The summed E-state index contributed by atoms with van der Waals surface area (Å²) in [6.45, 7) is 3.11. The number of ether oxygens (including phenoxy) is 9. The molecule has 4 heterocycles. The second kappa shape index (κ2) is 22.1. The number of fused-ring (bicyclic) bond motifs is 13. The molecular weight excluding hydrogens is 1210 g/mol. The topological polar surface area (TPSA) is 83.1 Å². The van der Waals surface area contributed by atoms with E-state index >= 15 is 0 Å². The monoisotopic (exact) mass is 1270 g/mol. The van der Waals surface area contributed by atoms with Crippen LogP contribution in [0.1, 0.15) is 70.6 Å². The SMILES string of the molecule is C=COCCOC1CC(C(F)(F)F)(C(F)(F)F)O1.FC(F)(F)C1(C(F)(F)F)CC(OC2CC3C=CC2C3)O1.FC(F)(F)C1(C(F)(F)F)CC(OC2CC3CC2C2C4C=CC(C4)C32)O1.FC(F)(F)C1(C(F)(F)F)CC(OCC2CC3C=CC2C3)O1. The van der Waals surface area contributed by atoms with Crippen LogP contribution in [0.2, 0.25) is 0 Å². The van der Waals surface area contributed by atoms with E-state index < -0.39 is 123 Å². The number of hydrogen-bond acceptors (Lipinski definition) is 9. The highest BCUT2D eigenvalue weighted by atomic mass is 19.4. The summed E-state index contributed by atoms with van der Waals surface area (Å²) in [5, 5.41) is 0. The zero-order chi connectivity index (χ0) is 62.0. The van der Waals surface area contributed by atoms with E-state index in [9.17, 15) is 105 Å². The maximum atomic E-state index is 12.9. The van der Waals surface area contributed by atoms with Gasteiger partial charge in [0, 0.05) is 31.6 Å². The van der Waals surface area contributed by atoms with Gasteiger partial charge in [-0.3, -0.25) is 0 Å². The number of allylic oxidation sites excluding steroid dienone is 5. The minimum absolute atomic E-state index is 0.0333. The van der Waals surface area contributed by atoms with Gasteiger partial charge in [0.05, 0.1) is 31.7 Å². The number of halogens is 24. The average molecular weight is 1270 g/mol. The molecule has 0 aromatic rings. The standard InChI is InChI=1S/C17H18F6O2.C13H14F6O2.C12H12F6O2.C9H10F6O3/c18-16(19,20)15(17(21,22)23)6-12(25-15)24-11-5-9-4-10(11)14-8-2-1-7(3-8)13(9)14;14-12(15,16)11(13(17,18)19)5-10(21-11)20-6-9-4-7-1-2-8(9)3-7;13-11(14,15)10(12(16,17)18)5-9(20-10)19-8-4-6-1-2-7(8)3-6;1-2-16-3-4-17-6-5-7(18-6,8(10,11)12)9(13,14)15/h1-2,7-14H,3-6H2;1-2,7-10H,3-6H2;1-2,6-9H,3-5H2;2,6H,1,3-5H2. The fourth-order valence-corrected chi connectivity index (χ4v) is 14.3. The van der Waals surface area contributed by atoms with E-state index in [-0.39, 0.29) is 49.8 Å². The Labute approximate surface area is 461 Å². The summed E-state index contributed by atoms with van der Waals surface area (Å²) in [7, 11) is 0. The summed E-state index contributed by atoms with van der Waals surface area (Å²) in [6, 6.07) is 0. The van der Waals surface area contributed by atoms with Crippen LogP contribution in [0.3, 0.4) is 0 Å². The quantitative estimate of drug-likeness (QED) is 0.0624. The van der Waals surface area contributed by atoms with Gasteiger partial charge in [-0.05, 0) is 104 Å². The van der Waals surface area contributed by atoms with Crippen molar-refractivity contribution in [1.82, 2.24) is 0 Å². The fourth-order valence-electron chi connectivity index (χ4n) is 14.3. The van der Waals surface area contributed by atoms with Crippen molar-refractivity contribution < 1.29 is 148 Å². The van der Waals surface area contributed by atoms with Crippen LogP contribution >= 0.6 is 0 Å². The molecule has 17 unspecified atom stereocenters. The van der Waals surface area contributed by atoms with Crippen molar-refractivity contribution in [3.63, 3.8) is 0 Å². The van der Waals surface area contributed by atoms with Gasteiger partial charge in [0.15, 0.2) is 25.2 Å². The maximum absolute atomic E-state index is 12.9. The Bertz CT molecular complexity index is 2340. The molecule has 5 saturated carbocycles. The molecule has 4 saturated heterocycles. The van der Waals surface area contributed by atoms with E-state index in [2.05, 4.69) is 53.2 Å². The van der Waals surface area contributed by atoms with Crippen LogP contribution in [0.5, 0.6) is 0 Å². The van der Waals surface area contributed by atoms with Gasteiger partial charge in [-0.2, -0.15) is 105 Å². The van der Waals surface area contributed by atoms with Gasteiger partial charge in [0.1, 0.15) is 6.61 Å². The molecule has 33 heteroatoms. The lowest BCUT2D eigenvalue weighted by atomic mass is 9.72. The zero-order valence-corrected chi connectivity index (χ0v) is 43.2. The second-order valence-corrected chi connectivity index (χ2v) is 23.2. The van der Waals surface area contributed by atoms with E-state index in [0.717, 1.165) is 44.8 Å². The molecule has 8 aliphatic carbocycles. The first kappa shape index (κ1) is 65.2. The van der Waals surface area contributed by atoms with Gasteiger partial charge in [0.2, 0.25) is 0 Å². The van der Waals surface area contributed by atoms with Gasteiger partial charge in [-0.1, -0.05) is 43.0 Å². The van der Waals surface area contributed by atoms with Gasteiger partial charge in [-0.15, -0.1) is 0 Å². The lowest BCUT2D eigenvalue weighted by Gasteiger charge is -2.49. The van der Waals surface area contributed by atoms with Crippen LogP contribution in [0.25, 0.3) is 0 Å². The minimum Gasteiger partial charge on any atom is -0.499 e. The smallest absolute Gasteiger partial charge is 0.426 e. The molecule has 480 valence electrons. The van der Waals surface area contributed by atoms with Crippen molar-refractivity contribution >= 4 is 0 Å². The first-order valence-corrected chi connectivity index (χ1v) is 26.6.